The number of halogens is 2. The van der Waals surface area contributed by atoms with E-state index in [-0.39, 0.29) is 29.9 Å². The summed E-state index contributed by atoms with van der Waals surface area (Å²) in [4.78, 5) is 26.1. The zero-order chi connectivity index (χ0) is 19.8. The minimum absolute atomic E-state index is 0.00480. The first-order valence-electron chi connectivity index (χ1n) is 8.33. The molecular formula is C19H21ClFN3O3. The first-order valence-corrected chi connectivity index (χ1v) is 8.70. The topological polar surface area (TPSA) is 70.7 Å². The maximum absolute atomic E-state index is 13.2. The van der Waals surface area contributed by atoms with Crippen molar-refractivity contribution in [2.24, 2.45) is 0 Å². The number of likely N-dealkylation sites (N-methyl/N-ethyl adjacent to an activating group) is 1. The van der Waals surface area contributed by atoms with Crippen molar-refractivity contribution in [3.63, 3.8) is 0 Å². The number of carbonyl (C=O) groups is 2. The monoisotopic (exact) mass is 393 g/mol. The van der Waals surface area contributed by atoms with Gasteiger partial charge in [-0.15, -0.1) is 0 Å². The molecule has 0 radical (unpaired) electrons. The fourth-order valence-corrected chi connectivity index (χ4v) is 2.58. The molecule has 2 amide bonds. The molecule has 0 atom stereocenters. The lowest BCUT2D eigenvalue weighted by atomic mass is 10.3. The molecule has 2 aromatic rings. The summed E-state index contributed by atoms with van der Waals surface area (Å²) in [5, 5.41) is 5.33. The molecule has 2 N–H and O–H groups in total. The van der Waals surface area contributed by atoms with Gasteiger partial charge in [-0.1, -0.05) is 30.7 Å². The highest BCUT2D eigenvalue weighted by atomic mass is 35.5. The molecule has 0 aliphatic carbocycles. The van der Waals surface area contributed by atoms with Crippen LogP contribution in [-0.4, -0.2) is 43.5 Å². The highest BCUT2D eigenvalue weighted by Gasteiger charge is 2.15. The van der Waals surface area contributed by atoms with Crippen molar-refractivity contribution in [1.29, 1.82) is 0 Å². The lowest BCUT2D eigenvalue weighted by Gasteiger charge is -2.20. The second kappa shape index (κ2) is 9.89. The van der Waals surface area contributed by atoms with Gasteiger partial charge in [-0.2, -0.15) is 0 Å². The molecule has 0 aliphatic rings. The van der Waals surface area contributed by atoms with Crippen LogP contribution in [0.2, 0.25) is 5.02 Å². The second-order valence-corrected chi connectivity index (χ2v) is 6.14. The molecule has 0 unspecified atom stereocenters. The van der Waals surface area contributed by atoms with Crippen molar-refractivity contribution in [2.75, 3.05) is 37.4 Å². The van der Waals surface area contributed by atoms with Crippen LogP contribution in [0, 0.1) is 5.82 Å². The normalized spacial score (nSPS) is 10.6. The fourth-order valence-electron chi connectivity index (χ4n) is 2.40. The Labute approximate surface area is 162 Å². The van der Waals surface area contributed by atoms with Crippen LogP contribution in [0.3, 0.4) is 0 Å². The molecule has 27 heavy (non-hydrogen) atoms. The zero-order valence-corrected chi connectivity index (χ0v) is 15.8. The summed E-state index contributed by atoms with van der Waals surface area (Å²) in [5.41, 5.74) is 0.951. The van der Waals surface area contributed by atoms with E-state index >= 15 is 0 Å². The van der Waals surface area contributed by atoms with E-state index in [1.54, 1.807) is 29.2 Å². The average molecular weight is 394 g/mol. The molecule has 0 saturated heterocycles. The number of amides is 2. The number of anilines is 2. The molecule has 0 aromatic heterocycles. The van der Waals surface area contributed by atoms with Gasteiger partial charge in [0.2, 0.25) is 11.8 Å². The number of methoxy groups -OCH3 is 1. The molecule has 0 fully saturated rings. The van der Waals surface area contributed by atoms with E-state index in [0.717, 1.165) is 0 Å². The number of nitrogens with zero attached hydrogens (tertiary/aromatic N) is 1. The average Bonchev–Trinajstić information content (AvgIpc) is 2.64. The van der Waals surface area contributed by atoms with Gasteiger partial charge in [0.25, 0.3) is 0 Å². The molecule has 0 saturated carbocycles. The van der Waals surface area contributed by atoms with Crippen LogP contribution in [0.5, 0.6) is 5.75 Å². The number of hydrogen-bond acceptors (Lipinski definition) is 4. The maximum Gasteiger partial charge on any atom is 0.238 e. The SMILES string of the molecule is CCN(CC(=O)Nc1ccc(F)c(Cl)c1)CC(=O)Nc1ccccc1OC. The molecule has 144 valence electrons. The van der Waals surface area contributed by atoms with Crippen LogP contribution < -0.4 is 15.4 Å². The van der Waals surface area contributed by atoms with E-state index in [0.29, 0.717) is 23.7 Å². The maximum atomic E-state index is 13.2. The minimum Gasteiger partial charge on any atom is -0.495 e. The standard InChI is InChI=1S/C19H21ClFN3O3/c1-3-24(11-18(25)22-13-8-9-15(21)14(20)10-13)12-19(26)23-16-6-4-5-7-17(16)27-2/h4-10H,3,11-12H2,1-2H3,(H,22,25)(H,23,26). The predicted molar refractivity (Wildman–Crippen MR) is 104 cm³/mol. The third-order valence-electron chi connectivity index (χ3n) is 3.77. The molecular weight excluding hydrogens is 373 g/mol. The van der Waals surface area contributed by atoms with Crippen LogP contribution in [0.25, 0.3) is 0 Å². The van der Waals surface area contributed by atoms with E-state index in [1.165, 1.54) is 25.3 Å². The molecule has 0 aliphatic heterocycles. The van der Waals surface area contributed by atoms with Crippen LogP contribution in [0.4, 0.5) is 15.8 Å². The third-order valence-corrected chi connectivity index (χ3v) is 4.06. The van der Waals surface area contributed by atoms with Gasteiger partial charge < -0.3 is 15.4 Å². The lowest BCUT2D eigenvalue weighted by Crippen LogP contribution is -2.38. The van der Waals surface area contributed by atoms with Gasteiger partial charge in [0.15, 0.2) is 0 Å². The Bertz CT molecular complexity index is 817. The Hall–Kier alpha value is -2.64. The van der Waals surface area contributed by atoms with E-state index in [4.69, 9.17) is 16.3 Å². The number of hydrogen-bond donors (Lipinski definition) is 2. The summed E-state index contributed by atoms with van der Waals surface area (Å²) < 4.78 is 18.4. The van der Waals surface area contributed by atoms with Crippen molar-refractivity contribution in [2.45, 2.75) is 6.92 Å². The summed E-state index contributed by atoms with van der Waals surface area (Å²) in [6, 6.07) is 11.0. The van der Waals surface area contributed by atoms with Crippen LogP contribution in [-0.2, 0) is 9.59 Å². The zero-order valence-electron chi connectivity index (χ0n) is 15.1. The lowest BCUT2D eigenvalue weighted by molar-refractivity contribution is -0.119. The second-order valence-electron chi connectivity index (χ2n) is 5.73. The van der Waals surface area contributed by atoms with Gasteiger partial charge in [-0.3, -0.25) is 14.5 Å². The summed E-state index contributed by atoms with van der Waals surface area (Å²) in [6.07, 6.45) is 0. The largest absolute Gasteiger partial charge is 0.495 e. The Morgan fingerprint density at radius 2 is 1.78 bits per heavy atom. The van der Waals surface area contributed by atoms with E-state index in [1.807, 2.05) is 6.92 Å². The van der Waals surface area contributed by atoms with Crippen molar-refractivity contribution in [3.05, 3.63) is 53.3 Å². The summed E-state index contributed by atoms with van der Waals surface area (Å²) in [6.45, 7) is 2.38. The first kappa shape index (κ1) is 20.7. The molecule has 0 bridgehead atoms. The number of para-hydroxylation sites is 2. The van der Waals surface area contributed by atoms with Gasteiger partial charge in [0.05, 0.1) is 30.9 Å². The molecule has 2 rings (SSSR count). The molecule has 6 nitrogen and oxygen atoms in total. The van der Waals surface area contributed by atoms with Gasteiger partial charge >= 0.3 is 0 Å². The number of benzene rings is 2. The Morgan fingerprint density at radius 1 is 1.11 bits per heavy atom. The number of ether oxygens (including phenoxy) is 1. The molecule has 0 spiro atoms. The van der Waals surface area contributed by atoms with E-state index in [2.05, 4.69) is 10.6 Å². The number of rotatable bonds is 8. The summed E-state index contributed by atoms with van der Waals surface area (Å²) in [5.74, 6) is -0.596. The number of nitrogens with one attached hydrogen (secondary N) is 2. The predicted octanol–water partition coefficient (Wildman–Crippen LogP) is 3.39. The van der Waals surface area contributed by atoms with Gasteiger partial charge in [-0.25, -0.2) is 4.39 Å². The van der Waals surface area contributed by atoms with Crippen LogP contribution >= 0.6 is 11.6 Å². The molecule has 8 heteroatoms. The first-order chi connectivity index (χ1) is 12.9. The Morgan fingerprint density at radius 3 is 2.41 bits per heavy atom. The van der Waals surface area contributed by atoms with Crippen LogP contribution in [0.1, 0.15) is 6.92 Å². The Balaban J connectivity index is 1.91. The van der Waals surface area contributed by atoms with Crippen LogP contribution in [0.15, 0.2) is 42.5 Å². The van der Waals surface area contributed by atoms with Crippen molar-refractivity contribution in [1.82, 2.24) is 4.90 Å². The fraction of sp³-hybridized carbons (Fsp3) is 0.263. The minimum atomic E-state index is -0.558. The van der Waals surface area contributed by atoms with Gasteiger partial charge in [-0.05, 0) is 36.9 Å². The smallest absolute Gasteiger partial charge is 0.238 e. The van der Waals surface area contributed by atoms with Crippen molar-refractivity contribution < 1.29 is 18.7 Å². The van der Waals surface area contributed by atoms with Gasteiger partial charge in [0, 0.05) is 5.69 Å². The van der Waals surface area contributed by atoms with E-state index < -0.39 is 5.82 Å². The Kier molecular flexibility index (Phi) is 7.57. The number of carbonyl (C=O) groups excluding carboxylic acids is 2. The highest BCUT2D eigenvalue weighted by Crippen LogP contribution is 2.23. The van der Waals surface area contributed by atoms with Crippen molar-refractivity contribution in [3.8, 4) is 5.75 Å². The van der Waals surface area contributed by atoms with Crippen molar-refractivity contribution >= 4 is 34.8 Å². The quantitative estimate of drug-likeness (QED) is 0.721. The summed E-state index contributed by atoms with van der Waals surface area (Å²) in [7, 11) is 1.52. The highest BCUT2D eigenvalue weighted by molar-refractivity contribution is 6.31. The third kappa shape index (κ3) is 6.23. The van der Waals surface area contributed by atoms with Gasteiger partial charge in [0.1, 0.15) is 11.6 Å². The molecule has 0 heterocycles. The molecule has 2 aromatic carbocycles. The van der Waals surface area contributed by atoms with E-state index in [9.17, 15) is 14.0 Å². The summed E-state index contributed by atoms with van der Waals surface area (Å²) >= 11 is 5.70.